The molecule has 0 aromatic heterocycles. The van der Waals surface area contributed by atoms with Gasteiger partial charge in [0.05, 0.1) is 0 Å². The van der Waals surface area contributed by atoms with Crippen LogP contribution in [0.3, 0.4) is 0 Å². The maximum Gasteiger partial charge on any atom is 0.135 e. The summed E-state index contributed by atoms with van der Waals surface area (Å²) in [6, 6.07) is 0. The fraction of sp³-hybridized carbons (Fsp3) is 0.889. The van der Waals surface area contributed by atoms with E-state index in [4.69, 9.17) is 0 Å². The van der Waals surface area contributed by atoms with Gasteiger partial charge in [0.25, 0.3) is 0 Å². The summed E-state index contributed by atoms with van der Waals surface area (Å²) in [7, 11) is 0. The maximum atomic E-state index is 10.7. The summed E-state index contributed by atoms with van der Waals surface area (Å²) in [4.78, 5) is 10.7. The van der Waals surface area contributed by atoms with Crippen LogP contribution < -0.4 is 10.8 Å². The van der Waals surface area contributed by atoms with Gasteiger partial charge in [-0.25, -0.2) is 0 Å². The van der Waals surface area contributed by atoms with Crippen molar-refractivity contribution in [1.82, 2.24) is 0 Å². The Kier molecular flexibility index (Phi) is 2.73. The molecule has 3 N–H and O–H groups in total. The van der Waals surface area contributed by atoms with E-state index in [2.05, 4.69) is 12.7 Å². The molecular weight excluding hydrogens is 154 g/mol. The molecule has 3 heteroatoms. The predicted octanol–water partition coefficient (Wildman–Crippen LogP) is -0.683. The molecule has 1 aliphatic rings. The molecule has 0 atom stereocenters. The zero-order valence-corrected chi connectivity index (χ0v) is 7.64. The Balaban J connectivity index is 2.49. The van der Waals surface area contributed by atoms with Crippen molar-refractivity contribution in [2.45, 2.75) is 44.6 Å². The monoisotopic (exact) mass is 171 g/mol. The van der Waals surface area contributed by atoms with Crippen LogP contribution in [0.15, 0.2) is 0 Å². The number of hydrogen-bond acceptors (Lipinski definition) is 2. The molecule has 1 saturated carbocycles. The van der Waals surface area contributed by atoms with Gasteiger partial charge in [0.2, 0.25) is 0 Å². The number of carbonyl (C=O) groups excluding carboxylic acids is 1. The molecule has 0 saturated heterocycles. The summed E-state index contributed by atoms with van der Waals surface area (Å²) in [6.45, 7) is 2.15. The van der Waals surface area contributed by atoms with E-state index < -0.39 is 11.5 Å². The number of carbonyl (C=O) groups is 1. The number of carboxylic acids is 1. The van der Waals surface area contributed by atoms with E-state index >= 15 is 0 Å². The van der Waals surface area contributed by atoms with Gasteiger partial charge in [-0.3, -0.25) is 0 Å². The fourth-order valence-electron chi connectivity index (χ4n) is 1.84. The molecule has 70 valence electrons. The predicted molar refractivity (Wildman–Crippen MR) is 42.9 cm³/mol. The zero-order valence-electron chi connectivity index (χ0n) is 7.64. The van der Waals surface area contributed by atoms with E-state index in [1.807, 2.05) is 0 Å². The molecule has 0 bridgehead atoms. The van der Waals surface area contributed by atoms with Crippen LogP contribution in [0, 0.1) is 5.92 Å². The van der Waals surface area contributed by atoms with Crippen molar-refractivity contribution in [2.75, 3.05) is 0 Å². The van der Waals surface area contributed by atoms with Crippen molar-refractivity contribution in [2.24, 2.45) is 5.92 Å². The summed E-state index contributed by atoms with van der Waals surface area (Å²) in [6.07, 6.45) is 4.52. The van der Waals surface area contributed by atoms with Crippen LogP contribution in [-0.4, -0.2) is 11.5 Å². The van der Waals surface area contributed by atoms with Crippen molar-refractivity contribution in [3.63, 3.8) is 0 Å². The summed E-state index contributed by atoms with van der Waals surface area (Å²) in [5.74, 6) is -0.267. The van der Waals surface area contributed by atoms with Crippen LogP contribution in [0.25, 0.3) is 0 Å². The average Bonchev–Trinajstić information content (AvgIpc) is 2.06. The van der Waals surface area contributed by atoms with Crippen LogP contribution in [0.4, 0.5) is 0 Å². The van der Waals surface area contributed by atoms with Gasteiger partial charge in [-0.1, -0.05) is 13.3 Å². The summed E-state index contributed by atoms with van der Waals surface area (Å²) in [5.41, 5.74) is 2.95. The molecule has 1 rings (SSSR count). The van der Waals surface area contributed by atoms with E-state index in [-0.39, 0.29) is 0 Å². The minimum atomic E-state index is -0.975. The highest BCUT2D eigenvalue weighted by molar-refractivity contribution is 5.74. The number of hydrogen-bond donors (Lipinski definition) is 1. The first kappa shape index (κ1) is 9.52. The summed E-state index contributed by atoms with van der Waals surface area (Å²) < 4.78 is 0. The van der Waals surface area contributed by atoms with Gasteiger partial charge in [0.1, 0.15) is 11.5 Å². The highest BCUT2D eigenvalue weighted by atomic mass is 16.4. The number of carboxylic acid groups (broad SMARTS) is 1. The topological polar surface area (TPSA) is 67.8 Å². The third-order valence-electron chi connectivity index (χ3n) is 3.07. The van der Waals surface area contributed by atoms with E-state index in [9.17, 15) is 9.90 Å². The lowest BCUT2D eigenvalue weighted by Gasteiger charge is -2.34. The normalized spacial score (nSPS) is 36.3. The van der Waals surface area contributed by atoms with E-state index in [1.54, 1.807) is 0 Å². The Hall–Kier alpha value is -0.570. The molecule has 1 aliphatic carbocycles. The van der Waals surface area contributed by atoms with Crippen molar-refractivity contribution in [1.29, 1.82) is 0 Å². The van der Waals surface area contributed by atoms with Crippen molar-refractivity contribution in [3.8, 4) is 0 Å². The molecule has 3 nitrogen and oxygen atoms in total. The van der Waals surface area contributed by atoms with Crippen LogP contribution in [-0.2, 0) is 4.79 Å². The zero-order chi connectivity index (χ0) is 9.19. The minimum absolute atomic E-state index is 0.688. The molecule has 0 aliphatic heterocycles. The van der Waals surface area contributed by atoms with E-state index in [0.29, 0.717) is 18.8 Å². The van der Waals surface area contributed by atoms with Gasteiger partial charge >= 0.3 is 0 Å². The van der Waals surface area contributed by atoms with Crippen LogP contribution in [0.1, 0.15) is 39.0 Å². The Morgan fingerprint density at radius 3 is 2.42 bits per heavy atom. The lowest BCUT2D eigenvalue weighted by Crippen LogP contribution is -2.80. The fourth-order valence-corrected chi connectivity index (χ4v) is 1.84. The first-order chi connectivity index (χ1) is 5.58. The number of quaternary nitrogens is 1. The van der Waals surface area contributed by atoms with Gasteiger partial charge in [-0.2, -0.15) is 0 Å². The quantitative estimate of drug-likeness (QED) is 0.598. The average molecular weight is 171 g/mol. The molecule has 0 radical (unpaired) electrons. The van der Waals surface area contributed by atoms with Crippen LogP contribution in [0.5, 0.6) is 0 Å². The molecule has 0 aromatic rings. The highest BCUT2D eigenvalue weighted by Gasteiger charge is 2.35. The Morgan fingerprint density at radius 1 is 1.58 bits per heavy atom. The van der Waals surface area contributed by atoms with Crippen LogP contribution in [0.2, 0.25) is 0 Å². The highest BCUT2D eigenvalue weighted by Crippen LogP contribution is 2.30. The summed E-state index contributed by atoms with van der Waals surface area (Å²) >= 11 is 0. The van der Waals surface area contributed by atoms with Gasteiger partial charge in [-0.05, 0) is 18.8 Å². The lowest BCUT2D eigenvalue weighted by atomic mass is 9.76. The second-order valence-electron chi connectivity index (χ2n) is 3.92. The molecule has 1 fully saturated rings. The first-order valence-corrected chi connectivity index (χ1v) is 4.65. The van der Waals surface area contributed by atoms with Crippen molar-refractivity contribution in [3.05, 3.63) is 0 Å². The van der Waals surface area contributed by atoms with Gasteiger partial charge in [0.15, 0.2) is 0 Å². The Morgan fingerprint density at radius 2 is 2.08 bits per heavy atom. The first-order valence-electron chi connectivity index (χ1n) is 4.65. The SMILES string of the molecule is CCC1CCC([NH3+])(C(=O)[O-])CC1. The molecule has 0 amide bonds. The van der Waals surface area contributed by atoms with E-state index in [0.717, 1.165) is 19.3 Å². The molecular formula is C9H17NO2. The van der Waals surface area contributed by atoms with E-state index in [1.165, 1.54) is 0 Å². The van der Waals surface area contributed by atoms with Gasteiger partial charge in [0, 0.05) is 12.8 Å². The third-order valence-corrected chi connectivity index (χ3v) is 3.07. The van der Waals surface area contributed by atoms with Crippen molar-refractivity contribution >= 4 is 5.97 Å². The minimum Gasteiger partial charge on any atom is -0.544 e. The Labute approximate surface area is 72.9 Å². The largest absolute Gasteiger partial charge is 0.544 e. The van der Waals surface area contributed by atoms with Gasteiger partial charge in [-0.15, -0.1) is 0 Å². The summed E-state index contributed by atoms with van der Waals surface area (Å²) in [5, 5.41) is 10.7. The smallest absolute Gasteiger partial charge is 0.135 e. The number of rotatable bonds is 2. The second kappa shape index (κ2) is 3.44. The maximum absolute atomic E-state index is 10.7. The molecule has 0 aromatic carbocycles. The van der Waals surface area contributed by atoms with Crippen LogP contribution >= 0.6 is 0 Å². The van der Waals surface area contributed by atoms with Gasteiger partial charge < -0.3 is 15.6 Å². The standard InChI is InChI=1S/C9H17NO2/c1-2-7-3-5-9(10,6-4-7)8(11)12/h7H,2-6,10H2,1H3,(H,11,12). The Bertz CT molecular complexity index is 171. The third kappa shape index (κ3) is 1.78. The molecule has 0 heterocycles. The van der Waals surface area contributed by atoms with Crippen molar-refractivity contribution < 1.29 is 15.6 Å². The molecule has 0 unspecified atom stereocenters. The lowest BCUT2D eigenvalue weighted by molar-refractivity contribution is -0.492. The molecule has 12 heavy (non-hydrogen) atoms. The number of aliphatic carboxylic acids is 1. The molecule has 0 spiro atoms. The second-order valence-corrected chi connectivity index (χ2v) is 3.92.